The smallest absolute Gasteiger partial charge is 0.124 e. The van der Waals surface area contributed by atoms with Gasteiger partial charge in [0, 0.05) is 24.2 Å². The number of rotatable bonds is 4. The monoisotopic (exact) mass is 244 g/mol. The maximum atomic E-state index is 10.0. The first kappa shape index (κ1) is 15.2. The van der Waals surface area contributed by atoms with Gasteiger partial charge in [0.25, 0.3) is 0 Å². The van der Waals surface area contributed by atoms with Gasteiger partial charge in [0.15, 0.2) is 0 Å². The Morgan fingerprint density at radius 3 is 1.62 bits per heavy atom. The SMILES string of the molecule is CN(C)Cc1cccc(CN(C)C)c1O.Cl. The fourth-order valence-electron chi connectivity index (χ4n) is 1.58. The largest absolute Gasteiger partial charge is 0.507 e. The number of nitrogens with zero attached hydrogens (tertiary/aromatic N) is 2. The summed E-state index contributed by atoms with van der Waals surface area (Å²) in [7, 11) is 7.99. The summed E-state index contributed by atoms with van der Waals surface area (Å²) in [4.78, 5) is 4.10. The lowest BCUT2D eigenvalue weighted by Crippen LogP contribution is -2.13. The van der Waals surface area contributed by atoms with E-state index in [-0.39, 0.29) is 12.4 Å². The molecule has 0 radical (unpaired) electrons. The highest BCUT2D eigenvalue weighted by atomic mass is 35.5. The van der Waals surface area contributed by atoms with Crippen molar-refractivity contribution in [3.8, 4) is 5.75 Å². The van der Waals surface area contributed by atoms with Crippen LogP contribution in [0.4, 0.5) is 0 Å². The molecule has 0 spiro atoms. The van der Waals surface area contributed by atoms with Crippen LogP contribution >= 0.6 is 12.4 Å². The zero-order valence-electron chi connectivity index (χ0n) is 10.4. The minimum Gasteiger partial charge on any atom is -0.507 e. The molecular formula is C12H21ClN2O. The van der Waals surface area contributed by atoms with Crippen molar-refractivity contribution in [3.05, 3.63) is 29.3 Å². The summed E-state index contributed by atoms with van der Waals surface area (Å²) in [6, 6.07) is 5.93. The molecule has 1 N–H and O–H groups in total. The Balaban J connectivity index is 0.00000225. The normalized spacial score (nSPS) is 10.6. The van der Waals surface area contributed by atoms with Crippen LogP contribution in [0.25, 0.3) is 0 Å². The molecule has 4 heteroatoms. The molecule has 1 aromatic carbocycles. The Bertz CT molecular complexity index is 299. The quantitative estimate of drug-likeness (QED) is 0.877. The lowest BCUT2D eigenvalue weighted by Gasteiger charge is -2.16. The fourth-order valence-corrected chi connectivity index (χ4v) is 1.58. The molecule has 0 aliphatic heterocycles. The second-order valence-corrected chi connectivity index (χ2v) is 4.40. The van der Waals surface area contributed by atoms with E-state index in [2.05, 4.69) is 9.80 Å². The highest BCUT2D eigenvalue weighted by Gasteiger charge is 2.07. The van der Waals surface area contributed by atoms with Crippen molar-refractivity contribution in [2.45, 2.75) is 13.1 Å². The summed E-state index contributed by atoms with van der Waals surface area (Å²) < 4.78 is 0. The van der Waals surface area contributed by atoms with Gasteiger partial charge >= 0.3 is 0 Å². The van der Waals surface area contributed by atoms with Gasteiger partial charge in [-0.05, 0) is 28.2 Å². The first-order valence-electron chi connectivity index (χ1n) is 5.10. The molecule has 0 unspecified atom stereocenters. The van der Waals surface area contributed by atoms with Crippen LogP contribution < -0.4 is 0 Å². The summed E-state index contributed by atoms with van der Waals surface area (Å²) in [6.45, 7) is 1.54. The summed E-state index contributed by atoms with van der Waals surface area (Å²) in [5.74, 6) is 0.430. The number of aromatic hydroxyl groups is 1. The predicted octanol–water partition coefficient (Wildman–Crippen LogP) is 1.94. The zero-order chi connectivity index (χ0) is 11.4. The summed E-state index contributed by atoms with van der Waals surface area (Å²) in [6.07, 6.45) is 0. The van der Waals surface area contributed by atoms with Crippen molar-refractivity contribution in [2.75, 3.05) is 28.2 Å². The molecule has 0 aliphatic carbocycles. The molecule has 0 amide bonds. The molecule has 0 aliphatic rings. The minimum atomic E-state index is 0. The molecule has 0 fully saturated rings. The molecule has 0 saturated heterocycles. The fraction of sp³-hybridized carbons (Fsp3) is 0.500. The Labute approximate surface area is 104 Å². The number of phenolic OH excluding ortho intramolecular Hbond substituents is 1. The third-order valence-electron chi connectivity index (χ3n) is 2.18. The second-order valence-electron chi connectivity index (χ2n) is 4.40. The number of para-hydroxylation sites is 1. The highest BCUT2D eigenvalue weighted by molar-refractivity contribution is 5.85. The zero-order valence-corrected chi connectivity index (χ0v) is 11.2. The van der Waals surface area contributed by atoms with E-state index in [9.17, 15) is 5.11 Å². The molecular weight excluding hydrogens is 224 g/mol. The van der Waals surface area contributed by atoms with E-state index in [4.69, 9.17) is 0 Å². The van der Waals surface area contributed by atoms with Crippen LogP contribution in [0.2, 0.25) is 0 Å². The maximum Gasteiger partial charge on any atom is 0.124 e. The van der Waals surface area contributed by atoms with Gasteiger partial charge in [-0.25, -0.2) is 0 Å². The minimum absolute atomic E-state index is 0. The Morgan fingerprint density at radius 1 is 0.938 bits per heavy atom. The van der Waals surface area contributed by atoms with Gasteiger partial charge in [-0.1, -0.05) is 18.2 Å². The van der Waals surface area contributed by atoms with Gasteiger partial charge in [-0.3, -0.25) is 0 Å². The van der Waals surface area contributed by atoms with Gasteiger partial charge < -0.3 is 14.9 Å². The van der Waals surface area contributed by atoms with E-state index in [1.54, 1.807) is 0 Å². The van der Waals surface area contributed by atoms with Crippen LogP contribution in [-0.2, 0) is 13.1 Å². The van der Waals surface area contributed by atoms with Crippen molar-refractivity contribution in [3.63, 3.8) is 0 Å². The molecule has 0 heterocycles. The van der Waals surface area contributed by atoms with Gasteiger partial charge in [-0.2, -0.15) is 0 Å². The first-order valence-corrected chi connectivity index (χ1v) is 5.10. The van der Waals surface area contributed by atoms with E-state index in [0.717, 1.165) is 24.2 Å². The predicted molar refractivity (Wildman–Crippen MR) is 70.1 cm³/mol. The molecule has 0 saturated carbocycles. The van der Waals surface area contributed by atoms with E-state index >= 15 is 0 Å². The lowest BCUT2D eigenvalue weighted by molar-refractivity contribution is 0.368. The number of hydrogen-bond acceptors (Lipinski definition) is 3. The highest BCUT2D eigenvalue weighted by Crippen LogP contribution is 2.24. The average Bonchev–Trinajstić information content (AvgIpc) is 2.10. The van der Waals surface area contributed by atoms with Crippen molar-refractivity contribution in [1.29, 1.82) is 0 Å². The van der Waals surface area contributed by atoms with Gasteiger partial charge in [0.05, 0.1) is 0 Å². The number of hydrogen-bond donors (Lipinski definition) is 1. The van der Waals surface area contributed by atoms with Crippen LogP contribution in [0.3, 0.4) is 0 Å². The van der Waals surface area contributed by atoms with Crippen LogP contribution in [-0.4, -0.2) is 43.1 Å². The molecule has 3 nitrogen and oxygen atoms in total. The van der Waals surface area contributed by atoms with E-state index in [1.165, 1.54) is 0 Å². The van der Waals surface area contributed by atoms with Crippen LogP contribution in [0.15, 0.2) is 18.2 Å². The van der Waals surface area contributed by atoms with E-state index in [0.29, 0.717) is 5.75 Å². The van der Waals surface area contributed by atoms with Crippen LogP contribution in [0, 0.1) is 0 Å². The molecule has 0 bridgehead atoms. The van der Waals surface area contributed by atoms with E-state index in [1.807, 2.05) is 46.4 Å². The van der Waals surface area contributed by atoms with Gasteiger partial charge in [-0.15, -0.1) is 12.4 Å². The first-order chi connectivity index (χ1) is 7.00. The molecule has 0 aromatic heterocycles. The molecule has 92 valence electrons. The van der Waals surface area contributed by atoms with Gasteiger partial charge in [0.1, 0.15) is 5.75 Å². The molecule has 0 atom stereocenters. The van der Waals surface area contributed by atoms with Crippen molar-refractivity contribution < 1.29 is 5.11 Å². The molecule has 1 aromatic rings. The summed E-state index contributed by atoms with van der Waals surface area (Å²) in [5.41, 5.74) is 1.97. The summed E-state index contributed by atoms with van der Waals surface area (Å²) >= 11 is 0. The van der Waals surface area contributed by atoms with Gasteiger partial charge in [0.2, 0.25) is 0 Å². The van der Waals surface area contributed by atoms with Crippen molar-refractivity contribution in [2.24, 2.45) is 0 Å². The number of halogens is 1. The Hall–Kier alpha value is -0.770. The summed E-state index contributed by atoms with van der Waals surface area (Å²) in [5, 5.41) is 10.0. The Kier molecular flexibility index (Phi) is 6.41. The van der Waals surface area contributed by atoms with Crippen molar-refractivity contribution in [1.82, 2.24) is 9.80 Å². The number of phenols is 1. The topological polar surface area (TPSA) is 26.7 Å². The van der Waals surface area contributed by atoms with Crippen LogP contribution in [0.1, 0.15) is 11.1 Å². The average molecular weight is 245 g/mol. The maximum absolute atomic E-state index is 10.0. The van der Waals surface area contributed by atoms with E-state index < -0.39 is 0 Å². The third kappa shape index (κ3) is 4.39. The third-order valence-corrected chi connectivity index (χ3v) is 2.18. The van der Waals surface area contributed by atoms with Crippen molar-refractivity contribution >= 4 is 12.4 Å². The second kappa shape index (κ2) is 6.74. The Morgan fingerprint density at radius 2 is 1.31 bits per heavy atom. The lowest BCUT2D eigenvalue weighted by atomic mass is 10.1. The molecule has 1 rings (SSSR count). The van der Waals surface area contributed by atoms with Crippen LogP contribution in [0.5, 0.6) is 5.75 Å². The number of benzene rings is 1. The molecule has 16 heavy (non-hydrogen) atoms. The standard InChI is InChI=1S/C12H20N2O.ClH/c1-13(2)8-10-6-5-7-11(12(10)15)9-14(3)4;/h5-7,15H,8-9H2,1-4H3;1H.